The van der Waals surface area contributed by atoms with Crippen molar-refractivity contribution in [3.63, 3.8) is 0 Å². The average Bonchev–Trinajstić information content (AvgIpc) is 3.47. The predicted octanol–water partition coefficient (Wildman–Crippen LogP) is 1.79. The monoisotopic (exact) mass is 542 g/mol. The second-order valence-corrected chi connectivity index (χ2v) is 8.70. The van der Waals surface area contributed by atoms with Crippen LogP contribution >= 0.6 is 24.0 Å². The van der Waals surface area contributed by atoms with Gasteiger partial charge in [-0.05, 0) is 32.3 Å². The molecule has 2 saturated heterocycles. The first-order chi connectivity index (χ1) is 14.8. The van der Waals surface area contributed by atoms with Gasteiger partial charge in [-0.2, -0.15) is 0 Å². The zero-order valence-corrected chi connectivity index (χ0v) is 21.2. The van der Waals surface area contributed by atoms with Gasteiger partial charge in [-0.15, -0.1) is 24.0 Å². The fourth-order valence-electron chi connectivity index (χ4n) is 4.95. The Morgan fingerprint density at radius 3 is 2.52 bits per heavy atom. The predicted molar refractivity (Wildman–Crippen MR) is 137 cm³/mol. The maximum absolute atomic E-state index is 4.87. The molecular formula is C22H39IN8. The summed E-state index contributed by atoms with van der Waals surface area (Å²) in [5.41, 5.74) is 0. The average molecular weight is 543 g/mol. The van der Waals surface area contributed by atoms with Crippen molar-refractivity contribution in [3.05, 3.63) is 18.5 Å². The van der Waals surface area contributed by atoms with Crippen molar-refractivity contribution in [2.24, 2.45) is 4.99 Å². The van der Waals surface area contributed by atoms with Crippen molar-refractivity contribution < 1.29 is 0 Å². The van der Waals surface area contributed by atoms with Gasteiger partial charge in [-0.3, -0.25) is 14.8 Å². The molecule has 0 bridgehead atoms. The van der Waals surface area contributed by atoms with Gasteiger partial charge < -0.3 is 15.5 Å². The summed E-state index contributed by atoms with van der Waals surface area (Å²) in [6, 6.07) is 3.22. The highest BCUT2D eigenvalue weighted by molar-refractivity contribution is 14.0. The molecule has 0 aromatic carbocycles. The minimum absolute atomic E-state index is 0. The van der Waals surface area contributed by atoms with Crippen LogP contribution in [0, 0.1) is 0 Å². The number of anilines is 1. The summed E-state index contributed by atoms with van der Waals surface area (Å²) < 4.78 is 0. The molecule has 1 saturated carbocycles. The third-order valence-electron chi connectivity index (χ3n) is 6.64. The molecule has 0 spiro atoms. The van der Waals surface area contributed by atoms with E-state index in [2.05, 4.69) is 42.2 Å². The molecule has 1 aromatic rings. The van der Waals surface area contributed by atoms with Gasteiger partial charge in [0.1, 0.15) is 0 Å². The van der Waals surface area contributed by atoms with Crippen LogP contribution in [-0.4, -0.2) is 96.7 Å². The van der Waals surface area contributed by atoms with Crippen molar-refractivity contribution in [3.8, 4) is 0 Å². The van der Waals surface area contributed by atoms with Crippen LogP contribution in [0.1, 0.15) is 39.0 Å². The molecule has 1 atom stereocenters. The zero-order chi connectivity index (χ0) is 20.6. The van der Waals surface area contributed by atoms with E-state index >= 15 is 0 Å². The van der Waals surface area contributed by atoms with Gasteiger partial charge in [0, 0.05) is 76.8 Å². The quantitative estimate of drug-likeness (QED) is 0.309. The van der Waals surface area contributed by atoms with Gasteiger partial charge in [0.2, 0.25) is 5.95 Å². The van der Waals surface area contributed by atoms with Crippen molar-refractivity contribution in [2.45, 2.75) is 51.1 Å². The summed E-state index contributed by atoms with van der Waals surface area (Å²) in [7, 11) is 0. The Balaban J connectivity index is 0.00000272. The summed E-state index contributed by atoms with van der Waals surface area (Å²) in [6.45, 7) is 11.3. The number of nitrogens with one attached hydrogen (secondary N) is 2. The number of halogens is 1. The summed E-state index contributed by atoms with van der Waals surface area (Å²) in [4.78, 5) is 21.1. The highest BCUT2D eigenvalue weighted by atomic mass is 127. The molecule has 9 heteroatoms. The molecule has 3 fully saturated rings. The van der Waals surface area contributed by atoms with Crippen LogP contribution < -0.4 is 15.5 Å². The van der Waals surface area contributed by atoms with E-state index < -0.39 is 0 Å². The standard InChI is InChI=1S/C22H38N8.HI/c1-2-23-21(27-19-8-12-30(18-19)20-6-3-4-7-20)24-11-13-28-14-16-29(17-15-28)22-25-9-5-10-26-22;/h5,9-10,19-20H,2-4,6-8,11-18H2,1H3,(H2,23,24,27);1H. The number of piperazine rings is 1. The minimum atomic E-state index is 0. The number of aliphatic imine (C=N–C) groups is 1. The molecule has 1 unspecified atom stereocenters. The number of nitrogens with zero attached hydrogens (tertiary/aromatic N) is 6. The van der Waals surface area contributed by atoms with E-state index in [0.717, 1.165) is 63.8 Å². The Labute approximate surface area is 204 Å². The SMILES string of the molecule is CCNC(=NCCN1CCN(c2ncccn2)CC1)NC1CCN(C2CCCC2)C1.I. The van der Waals surface area contributed by atoms with Crippen LogP contribution in [0.15, 0.2) is 23.5 Å². The first-order valence-electron chi connectivity index (χ1n) is 11.8. The van der Waals surface area contributed by atoms with Crippen LogP contribution in [-0.2, 0) is 0 Å². The number of guanidine groups is 1. The maximum atomic E-state index is 4.87. The van der Waals surface area contributed by atoms with E-state index in [9.17, 15) is 0 Å². The molecule has 4 rings (SSSR count). The molecule has 0 radical (unpaired) electrons. The van der Waals surface area contributed by atoms with E-state index in [1.807, 2.05) is 18.5 Å². The highest BCUT2D eigenvalue weighted by Crippen LogP contribution is 2.26. The first-order valence-corrected chi connectivity index (χ1v) is 11.8. The summed E-state index contributed by atoms with van der Waals surface area (Å²) in [5.74, 6) is 1.82. The van der Waals surface area contributed by atoms with E-state index in [1.54, 1.807) is 0 Å². The smallest absolute Gasteiger partial charge is 0.225 e. The Morgan fingerprint density at radius 2 is 1.81 bits per heavy atom. The van der Waals surface area contributed by atoms with E-state index in [0.29, 0.717) is 6.04 Å². The molecule has 1 aliphatic carbocycles. The lowest BCUT2D eigenvalue weighted by Gasteiger charge is -2.34. The third kappa shape index (κ3) is 7.15. The Morgan fingerprint density at radius 1 is 1.06 bits per heavy atom. The number of rotatable bonds is 7. The lowest BCUT2D eigenvalue weighted by molar-refractivity contribution is 0.242. The van der Waals surface area contributed by atoms with Crippen molar-refractivity contribution in [1.29, 1.82) is 0 Å². The van der Waals surface area contributed by atoms with Crippen LogP contribution in [0.25, 0.3) is 0 Å². The summed E-state index contributed by atoms with van der Waals surface area (Å²) >= 11 is 0. The van der Waals surface area contributed by atoms with Crippen LogP contribution in [0.5, 0.6) is 0 Å². The second-order valence-electron chi connectivity index (χ2n) is 8.70. The molecule has 3 heterocycles. The van der Waals surface area contributed by atoms with Gasteiger partial charge in [0.25, 0.3) is 0 Å². The fraction of sp³-hybridized carbons (Fsp3) is 0.773. The van der Waals surface area contributed by atoms with Crippen molar-refractivity contribution in [2.75, 3.05) is 63.8 Å². The van der Waals surface area contributed by atoms with Gasteiger partial charge in [-0.25, -0.2) is 9.97 Å². The Kier molecular flexibility index (Phi) is 10.0. The fourth-order valence-corrected chi connectivity index (χ4v) is 4.95. The number of hydrogen-bond acceptors (Lipinski definition) is 6. The van der Waals surface area contributed by atoms with Gasteiger partial charge in [-0.1, -0.05) is 12.8 Å². The van der Waals surface area contributed by atoms with Gasteiger partial charge in [0.15, 0.2) is 5.96 Å². The number of aromatic nitrogens is 2. The van der Waals surface area contributed by atoms with E-state index in [-0.39, 0.29) is 24.0 Å². The van der Waals surface area contributed by atoms with E-state index in [4.69, 9.17) is 4.99 Å². The normalized spacial score (nSPS) is 23.7. The molecule has 31 heavy (non-hydrogen) atoms. The lowest BCUT2D eigenvalue weighted by atomic mass is 10.2. The molecule has 0 amide bonds. The molecule has 2 aliphatic heterocycles. The molecule has 8 nitrogen and oxygen atoms in total. The topological polar surface area (TPSA) is 71.9 Å². The van der Waals surface area contributed by atoms with Crippen LogP contribution in [0.4, 0.5) is 5.95 Å². The largest absolute Gasteiger partial charge is 0.357 e. The Hall–Kier alpha value is -1.20. The van der Waals surface area contributed by atoms with Crippen LogP contribution in [0.2, 0.25) is 0 Å². The van der Waals surface area contributed by atoms with Gasteiger partial charge in [0.05, 0.1) is 6.54 Å². The number of hydrogen-bond donors (Lipinski definition) is 2. The molecule has 174 valence electrons. The summed E-state index contributed by atoms with van der Waals surface area (Å²) in [5, 5.41) is 7.13. The Bertz CT molecular complexity index is 659. The summed E-state index contributed by atoms with van der Waals surface area (Å²) in [6.07, 6.45) is 10.5. The first kappa shape index (κ1) is 24.4. The van der Waals surface area contributed by atoms with Gasteiger partial charge >= 0.3 is 0 Å². The number of likely N-dealkylation sites (tertiary alicyclic amines) is 1. The lowest BCUT2D eigenvalue weighted by Crippen LogP contribution is -2.48. The molecule has 2 N–H and O–H groups in total. The van der Waals surface area contributed by atoms with Crippen molar-refractivity contribution >= 4 is 35.9 Å². The van der Waals surface area contributed by atoms with E-state index in [1.165, 1.54) is 45.2 Å². The third-order valence-corrected chi connectivity index (χ3v) is 6.64. The molecule has 1 aromatic heterocycles. The highest BCUT2D eigenvalue weighted by Gasteiger charge is 2.30. The molecular weight excluding hydrogens is 503 g/mol. The zero-order valence-electron chi connectivity index (χ0n) is 18.9. The van der Waals surface area contributed by atoms with Crippen LogP contribution in [0.3, 0.4) is 0 Å². The second kappa shape index (κ2) is 12.7. The molecule has 3 aliphatic rings. The minimum Gasteiger partial charge on any atom is -0.357 e. The van der Waals surface area contributed by atoms with Crippen molar-refractivity contribution in [1.82, 2.24) is 30.4 Å². The maximum Gasteiger partial charge on any atom is 0.225 e.